The molecule has 0 spiro atoms. The van der Waals surface area contributed by atoms with Crippen LogP contribution in [0.25, 0.3) is 0 Å². The Morgan fingerprint density at radius 2 is 2.15 bits per heavy atom. The van der Waals surface area contributed by atoms with Crippen molar-refractivity contribution >= 4 is 5.78 Å². The Bertz CT molecular complexity index is 310. The van der Waals surface area contributed by atoms with Crippen LogP contribution in [0.2, 0.25) is 0 Å². The van der Waals surface area contributed by atoms with E-state index >= 15 is 0 Å². The second-order valence-electron chi connectivity index (χ2n) is 3.08. The van der Waals surface area contributed by atoms with Gasteiger partial charge in [0, 0.05) is 12.5 Å². The lowest BCUT2D eigenvalue weighted by Gasteiger charge is -2.04. The summed E-state index contributed by atoms with van der Waals surface area (Å²) in [6, 6.07) is 5.70. The number of carbonyl (C=O) groups is 1. The number of Topliss-reactive ketones (excluding diaryl/α,β-unsaturated/α-hetero) is 1. The molecule has 0 saturated carbocycles. The number of rotatable bonds is 3. The first-order valence-electron chi connectivity index (χ1n) is 4.14. The zero-order valence-corrected chi connectivity index (χ0v) is 7.46. The Balaban J connectivity index is 2.83. The van der Waals surface area contributed by atoms with E-state index in [1.165, 1.54) is 12.1 Å². The molecule has 1 unspecified atom stereocenters. The molecule has 1 aromatic carbocycles. The molecule has 0 aliphatic rings. The summed E-state index contributed by atoms with van der Waals surface area (Å²) in [6.45, 7) is 1.72. The fraction of sp³-hybridized carbons (Fsp3) is 0.300. The molecule has 2 nitrogen and oxygen atoms in total. The maximum atomic E-state index is 13.0. The van der Waals surface area contributed by atoms with Crippen molar-refractivity contribution in [2.24, 2.45) is 5.73 Å². The lowest BCUT2D eigenvalue weighted by molar-refractivity contribution is 0.0972. The molecule has 0 heterocycles. The molecule has 0 aromatic heterocycles. The third-order valence-corrected chi connectivity index (χ3v) is 1.68. The summed E-state index contributed by atoms with van der Waals surface area (Å²) in [7, 11) is 0. The molecule has 0 bridgehead atoms. The Hall–Kier alpha value is -1.22. The predicted molar refractivity (Wildman–Crippen MR) is 49.0 cm³/mol. The van der Waals surface area contributed by atoms with Gasteiger partial charge in [0.05, 0.1) is 5.56 Å². The Kier molecular flexibility index (Phi) is 3.14. The molecule has 13 heavy (non-hydrogen) atoms. The highest BCUT2D eigenvalue weighted by atomic mass is 19.1. The fourth-order valence-corrected chi connectivity index (χ4v) is 1.09. The molecule has 1 rings (SSSR count). The largest absolute Gasteiger partial charge is 0.328 e. The van der Waals surface area contributed by atoms with E-state index in [0.717, 1.165) is 0 Å². The number of nitrogens with two attached hydrogens (primary N) is 1. The monoisotopic (exact) mass is 181 g/mol. The van der Waals surface area contributed by atoms with Gasteiger partial charge in [-0.05, 0) is 19.1 Å². The van der Waals surface area contributed by atoms with E-state index in [0.29, 0.717) is 0 Å². The second kappa shape index (κ2) is 4.14. The smallest absolute Gasteiger partial charge is 0.167 e. The Morgan fingerprint density at radius 1 is 1.54 bits per heavy atom. The topological polar surface area (TPSA) is 43.1 Å². The molecule has 3 heteroatoms. The van der Waals surface area contributed by atoms with Crippen LogP contribution < -0.4 is 5.73 Å². The van der Waals surface area contributed by atoms with Crippen LogP contribution in [0, 0.1) is 5.82 Å². The molecule has 0 fully saturated rings. The maximum absolute atomic E-state index is 13.0. The third-order valence-electron chi connectivity index (χ3n) is 1.68. The van der Waals surface area contributed by atoms with Gasteiger partial charge in [0.2, 0.25) is 0 Å². The summed E-state index contributed by atoms with van der Waals surface area (Å²) < 4.78 is 13.0. The summed E-state index contributed by atoms with van der Waals surface area (Å²) in [4.78, 5) is 11.4. The normalized spacial score (nSPS) is 12.5. The molecule has 2 N–H and O–H groups in total. The van der Waals surface area contributed by atoms with Gasteiger partial charge in [0.1, 0.15) is 5.82 Å². The van der Waals surface area contributed by atoms with Gasteiger partial charge in [-0.1, -0.05) is 12.1 Å². The molecule has 0 saturated heterocycles. The van der Waals surface area contributed by atoms with Crippen LogP contribution in [0.4, 0.5) is 4.39 Å². The number of benzene rings is 1. The van der Waals surface area contributed by atoms with Crippen molar-refractivity contribution in [3.8, 4) is 0 Å². The molecule has 0 aliphatic heterocycles. The van der Waals surface area contributed by atoms with Crippen molar-refractivity contribution in [2.45, 2.75) is 19.4 Å². The molecule has 1 aromatic rings. The summed E-state index contributed by atoms with van der Waals surface area (Å²) >= 11 is 0. The highest BCUT2D eigenvalue weighted by Gasteiger charge is 2.11. The van der Waals surface area contributed by atoms with Crippen molar-refractivity contribution in [3.05, 3.63) is 35.6 Å². The van der Waals surface area contributed by atoms with Crippen molar-refractivity contribution < 1.29 is 9.18 Å². The summed E-state index contributed by atoms with van der Waals surface area (Å²) in [5.74, 6) is -0.721. The number of ketones is 1. The van der Waals surface area contributed by atoms with Crippen LogP contribution in [0.3, 0.4) is 0 Å². The SMILES string of the molecule is CC(N)CC(=O)c1ccccc1F. The first-order chi connectivity index (χ1) is 6.11. The van der Waals surface area contributed by atoms with Gasteiger partial charge >= 0.3 is 0 Å². The molecule has 70 valence electrons. The van der Waals surface area contributed by atoms with Gasteiger partial charge in [0.15, 0.2) is 5.78 Å². The van der Waals surface area contributed by atoms with E-state index in [-0.39, 0.29) is 23.8 Å². The van der Waals surface area contributed by atoms with Crippen LogP contribution in [-0.4, -0.2) is 11.8 Å². The van der Waals surface area contributed by atoms with Crippen molar-refractivity contribution in [1.82, 2.24) is 0 Å². The Labute approximate surface area is 76.6 Å². The summed E-state index contributed by atoms with van der Waals surface area (Å²) in [6.07, 6.45) is 0.181. The average Bonchev–Trinajstić information content (AvgIpc) is 2.03. The van der Waals surface area contributed by atoms with E-state index in [4.69, 9.17) is 5.73 Å². The van der Waals surface area contributed by atoms with Gasteiger partial charge in [-0.15, -0.1) is 0 Å². The van der Waals surface area contributed by atoms with Gasteiger partial charge in [-0.3, -0.25) is 4.79 Å². The van der Waals surface area contributed by atoms with E-state index < -0.39 is 5.82 Å². The zero-order valence-electron chi connectivity index (χ0n) is 7.46. The number of carbonyl (C=O) groups excluding carboxylic acids is 1. The average molecular weight is 181 g/mol. The van der Waals surface area contributed by atoms with Crippen LogP contribution in [0.15, 0.2) is 24.3 Å². The van der Waals surface area contributed by atoms with Crippen LogP contribution in [0.1, 0.15) is 23.7 Å². The standard InChI is InChI=1S/C10H12FNO/c1-7(12)6-10(13)8-4-2-3-5-9(8)11/h2-5,7H,6,12H2,1H3. The lowest BCUT2D eigenvalue weighted by atomic mass is 10.0. The lowest BCUT2D eigenvalue weighted by Crippen LogP contribution is -2.20. The molecular formula is C10H12FNO. The van der Waals surface area contributed by atoms with Gasteiger partial charge in [-0.25, -0.2) is 4.39 Å². The van der Waals surface area contributed by atoms with Crippen molar-refractivity contribution in [3.63, 3.8) is 0 Å². The molecule has 0 aliphatic carbocycles. The second-order valence-corrected chi connectivity index (χ2v) is 3.08. The molecule has 0 amide bonds. The minimum atomic E-state index is -0.479. The number of hydrogen-bond donors (Lipinski definition) is 1. The minimum absolute atomic E-state index is 0.125. The summed E-state index contributed by atoms with van der Waals surface area (Å²) in [5.41, 5.74) is 5.56. The van der Waals surface area contributed by atoms with Crippen molar-refractivity contribution in [1.29, 1.82) is 0 Å². The zero-order chi connectivity index (χ0) is 9.84. The number of hydrogen-bond acceptors (Lipinski definition) is 2. The van der Waals surface area contributed by atoms with Gasteiger partial charge < -0.3 is 5.73 Å². The molecule has 0 radical (unpaired) electrons. The predicted octanol–water partition coefficient (Wildman–Crippen LogP) is 1.75. The highest BCUT2D eigenvalue weighted by molar-refractivity contribution is 5.96. The quantitative estimate of drug-likeness (QED) is 0.722. The van der Waals surface area contributed by atoms with Gasteiger partial charge in [0.25, 0.3) is 0 Å². The van der Waals surface area contributed by atoms with E-state index in [1.807, 2.05) is 0 Å². The highest BCUT2D eigenvalue weighted by Crippen LogP contribution is 2.09. The van der Waals surface area contributed by atoms with Crippen molar-refractivity contribution in [2.75, 3.05) is 0 Å². The summed E-state index contributed by atoms with van der Waals surface area (Å²) in [5, 5.41) is 0. The molecule has 1 atom stereocenters. The van der Waals surface area contributed by atoms with Gasteiger partial charge in [-0.2, -0.15) is 0 Å². The van der Waals surface area contributed by atoms with E-state index in [1.54, 1.807) is 19.1 Å². The fourth-order valence-electron chi connectivity index (χ4n) is 1.09. The van der Waals surface area contributed by atoms with Crippen LogP contribution in [0.5, 0.6) is 0 Å². The first-order valence-corrected chi connectivity index (χ1v) is 4.14. The van der Waals surface area contributed by atoms with E-state index in [2.05, 4.69) is 0 Å². The third kappa shape index (κ3) is 2.63. The number of halogens is 1. The minimum Gasteiger partial charge on any atom is -0.328 e. The first kappa shape index (κ1) is 9.86. The van der Waals surface area contributed by atoms with Crippen LogP contribution >= 0.6 is 0 Å². The maximum Gasteiger partial charge on any atom is 0.167 e. The van der Waals surface area contributed by atoms with Crippen LogP contribution in [-0.2, 0) is 0 Å². The Morgan fingerprint density at radius 3 is 2.69 bits per heavy atom. The van der Waals surface area contributed by atoms with E-state index in [9.17, 15) is 9.18 Å². The molecular weight excluding hydrogens is 169 g/mol.